The highest BCUT2D eigenvalue weighted by Crippen LogP contribution is 2.20. The summed E-state index contributed by atoms with van der Waals surface area (Å²) < 4.78 is 32.0. The maximum absolute atomic E-state index is 11.9. The van der Waals surface area contributed by atoms with E-state index in [2.05, 4.69) is 4.72 Å². The first-order valence-corrected chi connectivity index (χ1v) is 7.83. The van der Waals surface area contributed by atoms with Gasteiger partial charge in [-0.25, -0.2) is 13.1 Å². The molecule has 1 aliphatic rings. The fourth-order valence-electron chi connectivity index (χ4n) is 1.64. The molecule has 0 radical (unpaired) electrons. The number of hydrogen-bond donors (Lipinski definition) is 2. The molecule has 0 bridgehead atoms. The van der Waals surface area contributed by atoms with Crippen molar-refractivity contribution < 1.29 is 13.2 Å². The molecule has 0 saturated carbocycles. The second kappa shape index (κ2) is 5.45. The van der Waals surface area contributed by atoms with Crippen molar-refractivity contribution in [3.05, 3.63) is 17.0 Å². The lowest BCUT2D eigenvalue weighted by Gasteiger charge is -2.08. The molecule has 5 nitrogen and oxygen atoms in total. The summed E-state index contributed by atoms with van der Waals surface area (Å²) in [5, 5.41) is 1.77. The van der Waals surface area contributed by atoms with E-state index in [1.807, 2.05) is 0 Å². The van der Waals surface area contributed by atoms with E-state index in [0.717, 1.165) is 18.6 Å². The average Bonchev–Trinajstić information content (AvgIpc) is 2.98. The smallest absolute Gasteiger partial charge is 0.250 e. The third-order valence-corrected chi connectivity index (χ3v) is 5.63. The zero-order valence-corrected chi connectivity index (χ0v) is 11.0. The van der Waals surface area contributed by atoms with Crippen LogP contribution in [0, 0.1) is 5.92 Å². The Bertz CT molecular complexity index is 464. The Morgan fingerprint density at radius 1 is 1.59 bits per heavy atom. The number of thiophene rings is 1. The van der Waals surface area contributed by atoms with Gasteiger partial charge in [-0.1, -0.05) is 0 Å². The van der Waals surface area contributed by atoms with Gasteiger partial charge in [0, 0.05) is 19.7 Å². The van der Waals surface area contributed by atoms with Crippen molar-refractivity contribution in [2.24, 2.45) is 11.7 Å². The predicted octanol–water partition coefficient (Wildman–Crippen LogP) is 0.522. The second-order valence-corrected chi connectivity index (χ2v) is 6.96. The topological polar surface area (TPSA) is 81.4 Å². The van der Waals surface area contributed by atoms with Crippen molar-refractivity contribution in [3.8, 4) is 0 Å². The van der Waals surface area contributed by atoms with Crippen LogP contribution in [0.2, 0.25) is 0 Å². The van der Waals surface area contributed by atoms with E-state index < -0.39 is 10.0 Å². The van der Waals surface area contributed by atoms with Crippen molar-refractivity contribution in [2.45, 2.75) is 17.2 Å². The SMILES string of the molecule is NCc1csc(S(=O)(=O)NCC2CCOC2)c1. The van der Waals surface area contributed by atoms with Crippen LogP contribution in [0.1, 0.15) is 12.0 Å². The van der Waals surface area contributed by atoms with Crippen LogP contribution in [0.4, 0.5) is 0 Å². The van der Waals surface area contributed by atoms with Gasteiger partial charge in [0.05, 0.1) is 6.61 Å². The normalized spacial score (nSPS) is 20.9. The summed E-state index contributed by atoms with van der Waals surface area (Å²) in [4.78, 5) is 0. The molecule has 0 spiro atoms. The van der Waals surface area contributed by atoms with Gasteiger partial charge in [0.2, 0.25) is 10.0 Å². The molecule has 1 saturated heterocycles. The third kappa shape index (κ3) is 3.26. The molecule has 1 aromatic heterocycles. The van der Waals surface area contributed by atoms with Gasteiger partial charge in [-0.15, -0.1) is 11.3 Å². The number of rotatable bonds is 5. The number of nitrogens with one attached hydrogen (secondary N) is 1. The maximum atomic E-state index is 11.9. The summed E-state index contributed by atoms with van der Waals surface area (Å²) >= 11 is 1.20. The second-order valence-electron chi connectivity index (χ2n) is 4.06. The monoisotopic (exact) mass is 276 g/mol. The summed E-state index contributed by atoms with van der Waals surface area (Å²) in [6, 6.07) is 1.62. The molecule has 0 amide bonds. The fraction of sp³-hybridized carbons (Fsp3) is 0.600. The summed E-state index contributed by atoms with van der Waals surface area (Å²) in [6.45, 7) is 2.17. The van der Waals surface area contributed by atoms with E-state index in [0.29, 0.717) is 29.8 Å². The highest BCUT2D eigenvalue weighted by atomic mass is 32.2. The number of sulfonamides is 1. The molecule has 1 aliphatic heterocycles. The molecular weight excluding hydrogens is 260 g/mol. The zero-order valence-electron chi connectivity index (χ0n) is 9.39. The maximum Gasteiger partial charge on any atom is 0.250 e. The molecule has 17 heavy (non-hydrogen) atoms. The average molecular weight is 276 g/mol. The van der Waals surface area contributed by atoms with Crippen LogP contribution < -0.4 is 10.5 Å². The minimum Gasteiger partial charge on any atom is -0.381 e. The van der Waals surface area contributed by atoms with Crippen LogP contribution in [0.3, 0.4) is 0 Å². The van der Waals surface area contributed by atoms with Crippen molar-refractivity contribution in [1.82, 2.24) is 4.72 Å². The van der Waals surface area contributed by atoms with E-state index >= 15 is 0 Å². The van der Waals surface area contributed by atoms with Crippen molar-refractivity contribution in [3.63, 3.8) is 0 Å². The molecule has 0 aliphatic carbocycles. The van der Waals surface area contributed by atoms with Crippen molar-refractivity contribution in [1.29, 1.82) is 0 Å². The molecule has 1 aromatic rings. The van der Waals surface area contributed by atoms with Crippen LogP contribution in [-0.4, -0.2) is 28.2 Å². The molecule has 1 unspecified atom stereocenters. The lowest BCUT2D eigenvalue weighted by molar-refractivity contribution is 0.186. The minimum atomic E-state index is -3.38. The Kier molecular flexibility index (Phi) is 4.16. The van der Waals surface area contributed by atoms with Crippen LogP contribution in [-0.2, 0) is 21.3 Å². The largest absolute Gasteiger partial charge is 0.381 e. The van der Waals surface area contributed by atoms with E-state index in [1.165, 1.54) is 11.3 Å². The zero-order chi connectivity index (χ0) is 12.3. The Balaban J connectivity index is 1.97. The lowest BCUT2D eigenvalue weighted by atomic mass is 10.1. The number of nitrogens with two attached hydrogens (primary N) is 1. The van der Waals surface area contributed by atoms with Gasteiger partial charge in [0.15, 0.2) is 0 Å². The molecule has 96 valence electrons. The van der Waals surface area contributed by atoms with Crippen molar-refractivity contribution in [2.75, 3.05) is 19.8 Å². The van der Waals surface area contributed by atoms with Crippen LogP contribution in [0.5, 0.6) is 0 Å². The molecule has 7 heteroatoms. The number of hydrogen-bond acceptors (Lipinski definition) is 5. The summed E-state index contributed by atoms with van der Waals surface area (Å²) in [5.74, 6) is 0.290. The van der Waals surface area contributed by atoms with E-state index in [-0.39, 0.29) is 0 Å². The fourth-order valence-corrected chi connectivity index (χ4v) is 4.03. The van der Waals surface area contributed by atoms with E-state index in [4.69, 9.17) is 10.5 Å². The first-order chi connectivity index (χ1) is 8.12. The van der Waals surface area contributed by atoms with Gasteiger partial charge < -0.3 is 10.5 Å². The van der Waals surface area contributed by atoms with Crippen LogP contribution >= 0.6 is 11.3 Å². The Morgan fingerprint density at radius 2 is 2.41 bits per heavy atom. The molecule has 0 aromatic carbocycles. The van der Waals surface area contributed by atoms with Gasteiger partial charge in [-0.05, 0) is 29.3 Å². The molecule has 2 heterocycles. The Morgan fingerprint density at radius 3 is 3.00 bits per heavy atom. The lowest BCUT2D eigenvalue weighted by Crippen LogP contribution is -2.29. The quantitative estimate of drug-likeness (QED) is 0.821. The van der Waals surface area contributed by atoms with Gasteiger partial charge in [-0.3, -0.25) is 0 Å². The number of ether oxygens (including phenoxy) is 1. The summed E-state index contributed by atoms with van der Waals surface area (Å²) in [5.41, 5.74) is 6.30. The van der Waals surface area contributed by atoms with Crippen LogP contribution in [0.15, 0.2) is 15.7 Å². The highest BCUT2D eigenvalue weighted by Gasteiger charge is 2.21. The Labute approximate surface area is 105 Å². The van der Waals surface area contributed by atoms with E-state index in [9.17, 15) is 8.42 Å². The van der Waals surface area contributed by atoms with Crippen LogP contribution in [0.25, 0.3) is 0 Å². The first kappa shape index (κ1) is 13.0. The van der Waals surface area contributed by atoms with E-state index in [1.54, 1.807) is 11.4 Å². The first-order valence-electron chi connectivity index (χ1n) is 5.46. The van der Waals surface area contributed by atoms with Gasteiger partial charge >= 0.3 is 0 Å². The third-order valence-electron chi connectivity index (χ3n) is 2.72. The Hall–Kier alpha value is -0.470. The highest BCUT2D eigenvalue weighted by molar-refractivity contribution is 7.91. The van der Waals surface area contributed by atoms with Gasteiger partial charge in [-0.2, -0.15) is 0 Å². The molecule has 3 N–H and O–H groups in total. The minimum absolute atomic E-state index is 0.290. The van der Waals surface area contributed by atoms with Gasteiger partial charge in [0.1, 0.15) is 4.21 Å². The summed E-state index contributed by atoms with van der Waals surface area (Å²) in [6.07, 6.45) is 0.918. The standard InChI is InChI=1S/C10H16N2O3S2/c11-4-9-3-10(16-7-9)17(13,14)12-5-8-1-2-15-6-8/h3,7-8,12H,1-2,4-6,11H2. The predicted molar refractivity (Wildman–Crippen MR) is 66.3 cm³/mol. The summed E-state index contributed by atoms with van der Waals surface area (Å²) in [7, 11) is -3.38. The molecule has 1 fully saturated rings. The van der Waals surface area contributed by atoms with Crippen molar-refractivity contribution >= 4 is 21.4 Å². The molecule has 1 atom stereocenters. The molecular formula is C10H16N2O3S2. The molecule has 2 rings (SSSR count). The van der Waals surface area contributed by atoms with Gasteiger partial charge in [0.25, 0.3) is 0 Å².